The maximum absolute atomic E-state index is 12.4. The Morgan fingerprint density at radius 2 is 2.00 bits per heavy atom. The van der Waals surface area contributed by atoms with Crippen molar-refractivity contribution in [1.82, 2.24) is 9.88 Å². The van der Waals surface area contributed by atoms with Gasteiger partial charge in [0.25, 0.3) is 0 Å². The van der Waals surface area contributed by atoms with Crippen LogP contribution in [0.1, 0.15) is 32.8 Å². The van der Waals surface area contributed by atoms with Crippen molar-refractivity contribution in [3.05, 3.63) is 30.1 Å². The SMILES string of the molecule is CCCN(CC(C)(C)CN)C(=O)Cc1ccncc1. The summed E-state index contributed by atoms with van der Waals surface area (Å²) in [6.07, 6.45) is 4.83. The maximum atomic E-state index is 12.4. The fourth-order valence-electron chi connectivity index (χ4n) is 1.93. The van der Waals surface area contributed by atoms with E-state index in [0.717, 1.165) is 18.5 Å². The first-order valence-electron chi connectivity index (χ1n) is 6.85. The second-order valence-corrected chi connectivity index (χ2v) is 5.72. The molecule has 2 N–H and O–H groups in total. The fourth-order valence-corrected chi connectivity index (χ4v) is 1.93. The standard InChI is InChI=1S/C15H25N3O/c1-4-9-18(12-15(2,3)11-16)14(19)10-13-5-7-17-8-6-13/h5-8H,4,9-12,16H2,1-3H3. The minimum absolute atomic E-state index is 0.0386. The summed E-state index contributed by atoms with van der Waals surface area (Å²) in [7, 11) is 0. The number of nitrogens with zero attached hydrogens (tertiary/aromatic N) is 2. The number of pyridine rings is 1. The van der Waals surface area contributed by atoms with Gasteiger partial charge in [0.05, 0.1) is 6.42 Å². The molecule has 4 nitrogen and oxygen atoms in total. The molecule has 0 unspecified atom stereocenters. The molecular formula is C15H25N3O. The average molecular weight is 263 g/mol. The van der Waals surface area contributed by atoms with E-state index >= 15 is 0 Å². The predicted octanol–water partition coefficient (Wildman–Crippen LogP) is 1.85. The largest absolute Gasteiger partial charge is 0.342 e. The van der Waals surface area contributed by atoms with Crippen LogP contribution in [0.25, 0.3) is 0 Å². The average Bonchev–Trinajstić information content (AvgIpc) is 2.39. The third-order valence-electron chi connectivity index (χ3n) is 3.12. The quantitative estimate of drug-likeness (QED) is 0.816. The molecule has 0 saturated carbocycles. The van der Waals surface area contributed by atoms with Crippen LogP contribution in [0.2, 0.25) is 0 Å². The van der Waals surface area contributed by atoms with E-state index in [2.05, 4.69) is 25.8 Å². The first-order valence-corrected chi connectivity index (χ1v) is 6.85. The van der Waals surface area contributed by atoms with Gasteiger partial charge in [-0.2, -0.15) is 0 Å². The van der Waals surface area contributed by atoms with Crippen LogP contribution in [0, 0.1) is 5.41 Å². The molecule has 1 rings (SSSR count). The number of carbonyl (C=O) groups is 1. The monoisotopic (exact) mass is 263 g/mol. The molecule has 1 amide bonds. The second-order valence-electron chi connectivity index (χ2n) is 5.72. The van der Waals surface area contributed by atoms with E-state index in [1.54, 1.807) is 12.4 Å². The van der Waals surface area contributed by atoms with Crippen LogP contribution in [0.3, 0.4) is 0 Å². The molecular weight excluding hydrogens is 238 g/mol. The number of nitrogens with two attached hydrogens (primary N) is 1. The summed E-state index contributed by atoms with van der Waals surface area (Å²) in [5.74, 6) is 0.162. The van der Waals surface area contributed by atoms with E-state index in [1.165, 1.54) is 0 Å². The van der Waals surface area contributed by atoms with Gasteiger partial charge in [0.2, 0.25) is 5.91 Å². The van der Waals surface area contributed by atoms with Gasteiger partial charge in [-0.25, -0.2) is 0 Å². The topological polar surface area (TPSA) is 59.2 Å². The Labute approximate surface area is 116 Å². The van der Waals surface area contributed by atoms with Crippen molar-refractivity contribution in [2.75, 3.05) is 19.6 Å². The Morgan fingerprint density at radius 1 is 1.37 bits per heavy atom. The van der Waals surface area contributed by atoms with E-state index < -0.39 is 0 Å². The van der Waals surface area contributed by atoms with Crippen molar-refractivity contribution in [3.63, 3.8) is 0 Å². The summed E-state index contributed by atoms with van der Waals surface area (Å²) in [6, 6.07) is 3.77. The van der Waals surface area contributed by atoms with Gasteiger partial charge in [-0.15, -0.1) is 0 Å². The molecule has 0 aromatic carbocycles. The van der Waals surface area contributed by atoms with Gasteiger partial charge in [-0.3, -0.25) is 9.78 Å². The Balaban J connectivity index is 2.68. The molecule has 0 radical (unpaired) electrons. The number of rotatable bonds is 7. The Kier molecular flexibility index (Phi) is 5.96. The number of carbonyl (C=O) groups excluding carboxylic acids is 1. The smallest absolute Gasteiger partial charge is 0.227 e. The summed E-state index contributed by atoms with van der Waals surface area (Å²) in [5.41, 5.74) is 6.72. The lowest BCUT2D eigenvalue weighted by Gasteiger charge is -2.31. The number of aromatic nitrogens is 1. The third-order valence-corrected chi connectivity index (χ3v) is 3.12. The molecule has 0 atom stereocenters. The van der Waals surface area contributed by atoms with E-state index in [4.69, 9.17) is 5.73 Å². The summed E-state index contributed by atoms with van der Waals surface area (Å²) >= 11 is 0. The van der Waals surface area contributed by atoms with Crippen molar-refractivity contribution in [3.8, 4) is 0 Å². The summed E-state index contributed by atoms with van der Waals surface area (Å²) in [4.78, 5) is 18.2. The lowest BCUT2D eigenvalue weighted by atomic mass is 9.92. The maximum Gasteiger partial charge on any atom is 0.227 e. The van der Waals surface area contributed by atoms with Crippen LogP contribution < -0.4 is 5.73 Å². The molecule has 1 aromatic heterocycles. The molecule has 1 aromatic rings. The van der Waals surface area contributed by atoms with Crippen molar-refractivity contribution >= 4 is 5.91 Å². The van der Waals surface area contributed by atoms with E-state index in [1.807, 2.05) is 17.0 Å². The van der Waals surface area contributed by atoms with Crippen molar-refractivity contribution in [2.45, 2.75) is 33.6 Å². The lowest BCUT2D eigenvalue weighted by Crippen LogP contribution is -2.43. The fraction of sp³-hybridized carbons (Fsp3) is 0.600. The van der Waals surface area contributed by atoms with Crippen LogP contribution in [0.5, 0.6) is 0 Å². The molecule has 0 aliphatic carbocycles. The second kappa shape index (κ2) is 7.24. The molecule has 106 valence electrons. The van der Waals surface area contributed by atoms with Crippen molar-refractivity contribution < 1.29 is 4.79 Å². The normalized spacial score (nSPS) is 11.4. The first kappa shape index (κ1) is 15.6. The Bertz CT molecular complexity index is 390. The van der Waals surface area contributed by atoms with E-state index in [0.29, 0.717) is 19.5 Å². The molecule has 0 saturated heterocycles. The predicted molar refractivity (Wildman–Crippen MR) is 77.6 cm³/mol. The highest BCUT2D eigenvalue weighted by Crippen LogP contribution is 2.16. The lowest BCUT2D eigenvalue weighted by molar-refractivity contribution is -0.131. The summed E-state index contributed by atoms with van der Waals surface area (Å²) < 4.78 is 0. The molecule has 0 bridgehead atoms. The highest BCUT2D eigenvalue weighted by Gasteiger charge is 2.23. The molecule has 0 aliphatic rings. The van der Waals surface area contributed by atoms with Gasteiger partial charge in [-0.1, -0.05) is 20.8 Å². The zero-order valence-electron chi connectivity index (χ0n) is 12.2. The van der Waals surface area contributed by atoms with Crippen LogP contribution >= 0.6 is 0 Å². The molecule has 0 aliphatic heterocycles. The minimum atomic E-state index is -0.0386. The number of hydrogen-bond donors (Lipinski definition) is 1. The van der Waals surface area contributed by atoms with E-state index in [-0.39, 0.29) is 11.3 Å². The molecule has 1 heterocycles. The van der Waals surface area contributed by atoms with Gasteiger partial charge in [0.15, 0.2) is 0 Å². The zero-order chi connectivity index (χ0) is 14.3. The van der Waals surface area contributed by atoms with Gasteiger partial charge in [-0.05, 0) is 36.1 Å². The van der Waals surface area contributed by atoms with Crippen LogP contribution in [0.4, 0.5) is 0 Å². The molecule has 0 spiro atoms. The van der Waals surface area contributed by atoms with Gasteiger partial charge in [0.1, 0.15) is 0 Å². The molecule has 0 fully saturated rings. The van der Waals surface area contributed by atoms with Crippen LogP contribution in [0.15, 0.2) is 24.5 Å². The minimum Gasteiger partial charge on any atom is -0.342 e. The van der Waals surface area contributed by atoms with Crippen molar-refractivity contribution in [2.24, 2.45) is 11.1 Å². The van der Waals surface area contributed by atoms with Gasteiger partial charge in [0, 0.05) is 25.5 Å². The summed E-state index contributed by atoms with van der Waals surface area (Å²) in [5, 5.41) is 0. The van der Waals surface area contributed by atoms with Gasteiger partial charge < -0.3 is 10.6 Å². The molecule has 19 heavy (non-hydrogen) atoms. The zero-order valence-corrected chi connectivity index (χ0v) is 12.2. The summed E-state index contributed by atoms with van der Waals surface area (Å²) in [6.45, 7) is 8.34. The number of hydrogen-bond acceptors (Lipinski definition) is 3. The highest BCUT2D eigenvalue weighted by molar-refractivity contribution is 5.78. The Hall–Kier alpha value is -1.42. The number of amides is 1. The third kappa shape index (κ3) is 5.39. The van der Waals surface area contributed by atoms with Crippen LogP contribution in [-0.4, -0.2) is 35.4 Å². The van der Waals surface area contributed by atoms with E-state index in [9.17, 15) is 4.79 Å². The van der Waals surface area contributed by atoms with Crippen molar-refractivity contribution in [1.29, 1.82) is 0 Å². The molecule has 4 heteroatoms. The first-order chi connectivity index (χ1) is 8.98. The highest BCUT2D eigenvalue weighted by atomic mass is 16.2. The van der Waals surface area contributed by atoms with Crippen LogP contribution in [-0.2, 0) is 11.2 Å². The van der Waals surface area contributed by atoms with Gasteiger partial charge >= 0.3 is 0 Å². The Morgan fingerprint density at radius 3 is 2.53 bits per heavy atom.